The normalized spacial score (nSPS) is 8.31. The van der Waals surface area contributed by atoms with Crippen LogP contribution < -0.4 is 10.6 Å². The summed E-state index contributed by atoms with van der Waals surface area (Å²) in [7, 11) is 0. The van der Waals surface area contributed by atoms with Crippen molar-refractivity contribution in [2.24, 2.45) is 0 Å². The zero-order valence-corrected chi connectivity index (χ0v) is 5.94. The number of amides is 4. The molecule has 4 N–H and O–H groups in total. The fourth-order valence-corrected chi connectivity index (χ4v) is 0.310. The lowest BCUT2D eigenvalue weighted by atomic mass is 10.9. The van der Waals surface area contributed by atoms with E-state index in [4.69, 9.17) is 10.2 Å². The van der Waals surface area contributed by atoms with Crippen molar-refractivity contribution in [2.45, 2.75) is 0 Å². The number of imide groups is 2. The van der Waals surface area contributed by atoms with E-state index in [0.29, 0.717) is 0 Å². The highest BCUT2D eigenvalue weighted by atomic mass is 16.6. The van der Waals surface area contributed by atoms with E-state index in [-0.39, 0.29) is 0 Å². The molecule has 0 aliphatic rings. The number of carbonyl (C=O) groups excluding carboxylic acids is 2. The maximum absolute atomic E-state index is 10.3. The van der Waals surface area contributed by atoms with Gasteiger partial charge in [0, 0.05) is 0 Å². The molecule has 9 heteroatoms. The molecule has 0 spiro atoms. The molecule has 0 saturated heterocycles. The van der Waals surface area contributed by atoms with Gasteiger partial charge in [-0.15, -0.1) is 0 Å². The Hall–Kier alpha value is -2.32. The molecule has 0 rings (SSSR count). The fourth-order valence-electron chi connectivity index (χ4n) is 0.310. The Morgan fingerprint density at radius 3 is 1.38 bits per heavy atom. The lowest BCUT2D eigenvalue weighted by molar-refractivity contribution is 0.143. The van der Waals surface area contributed by atoms with Crippen LogP contribution in [0.1, 0.15) is 0 Å². The standard InChI is InChI=1S/C4H4N2O7/c7-1(8)5-3(11)13-4(12)6-2(9)10/h(H,5,11)(H,6,12)(H,7,8)(H,9,10). The zero-order chi connectivity index (χ0) is 10.4. The van der Waals surface area contributed by atoms with Gasteiger partial charge in [-0.1, -0.05) is 0 Å². The largest absolute Gasteiger partial charge is 0.465 e. The summed E-state index contributed by atoms with van der Waals surface area (Å²) < 4.78 is 3.61. The van der Waals surface area contributed by atoms with E-state index in [9.17, 15) is 19.2 Å². The van der Waals surface area contributed by atoms with Crippen LogP contribution in [0.2, 0.25) is 0 Å². The summed E-state index contributed by atoms with van der Waals surface area (Å²) in [5.74, 6) is 0. The molecule has 72 valence electrons. The zero-order valence-electron chi connectivity index (χ0n) is 5.94. The predicted molar refractivity (Wildman–Crippen MR) is 34.2 cm³/mol. The predicted octanol–water partition coefficient (Wildman–Crippen LogP) is -0.222. The number of carbonyl (C=O) groups is 4. The summed E-state index contributed by atoms with van der Waals surface area (Å²) in [5.41, 5.74) is 0. The molecule has 13 heavy (non-hydrogen) atoms. The van der Waals surface area contributed by atoms with Crippen LogP contribution in [0.15, 0.2) is 0 Å². The third kappa shape index (κ3) is 6.09. The van der Waals surface area contributed by atoms with Crippen LogP contribution in [0.5, 0.6) is 0 Å². The quantitative estimate of drug-likeness (QED) is 0.388. The lowest BCUT2D eigenvalue weighted by Gasteiger charge is -1.99. The van der Waals surface area contributed by atoms with Crippen molar-refractivity contribution in [2.75, 3.05) is 0 Å². The van der Waals surface area contributed by atoms with Crippen molar-refractivity contribution < 1.29 is 34.1 Å². The van der Waals surface area contributed by atoms with Gasteiger partial charge in [0.05, 0.1) is 0 Å². The third-order valence-electron chi connectivity index (χ3n) is 0.603. The minimum absolute atomic E-state index is 1.15. The minimum Gasteiger partial charge on any atom is -0.465 e. The molecule has 0 aromatic rings. The molecule has 0 fully saturated rings. The van der Waals surface area contributed by atoms with E-state index >= 15 is 0 Å². The molecule has 4 amide bonds. The number of ether oxygens (including phenoxy) is 1. The van der Waals surface area contributed by atoms with Gasteiger partial charge in [-0.05, 0) is 0 Å². The highest BCUT2D eigenvalue weighted by Crippen LogP contribution is 1.79. The summed E-state index contributed by atoms with van der Waals surface area (Å²) in [6.07, 6.45) is -6.64. The first-order valence-electron chi connectivity index (χ1n) is 2.67. The van der Waals surface area contributed by atoms with Crippen LogP contribution in [0.25, 0.3) is 0 Å². The second kappa shape index (κ2) is 4.54. The highest BCUT2D eigenvalue weighted by Gasteiger charge is 2.13. The maximum Gasteiger partial charge on any atom is 0.425 e. The van der Waals surface area contributed by atoms with Crippen LogP contribution in [0, 0.1) is 0 Å². The van der Waals surface area contributed by atoms with Crippen molar-refractivity contribution in [1.82, 2.24) is 10.6 Å². The third-order valence-corrected chi connectivity index (χ3v) is 0.603. The topological polar surface area (TPSA) is 142 Å². The van der Waals surface area contributed by atoms with Gasteiger partial charge in [-0.25, -0.2) is 29.8 Å². The lowest BCUT2D eigenvalue weighted by Crippen LogP contribution is -2.37. The number of alkyl carbamates (subject to hydrolysis) is 2. The number of rotatable bonds is 0. The summed E-state index contributed by atoms with van der Waals surface area (Å²) in [6, 6.07) is 0. The van der Waals surface area contributed by atoms with Crippen molar-refractivity contribution in [3.05, 3.63) is 0 Å². The molecule has 0 heterocycles. The number of hydrogen-bond donors (Lipinski definition) is 4. The monoisotopic (exact) mass is 192 g/mol. The highest BCUT2D eigenvalue weighted by molar-refractivity contribution is 5.96. The fraction of sp³-hybridized carbons (Fsp3) is 0. The Balaban J connectivity index is 3.85. The first-order chi connectivity index (χ1) is 5.91. The molecule has 0 aromatic carbocycles. The Kier molecular flexibility index (Phi) is 3.73. The van der Waals surface area contributed by atoms with Crippen molar-refractivity contribution in [3.8, 4) is 0 Å². The van der Waals surface area contributed by atoms with E-state index in [1.807, 2.05) is 0 Å². The van der Waals surface area contributed by atoms with Crippen molar-refractivity contribution >= 4 is 24.4 Å². The second-order valence-electron chi connectivity index (χ2n) is 1.54. The summed E-state index contributed by atoms with van der Waals surface area (Å²) in [4.78, 5) is 40.1. The average Bonchev–Trinajstić information content (AvgIpc) is 1.80. The van der Waals surface area contributed by atoms with Gasteiger partial charge in [0.15, 0.2) is 0 Å². The molecule has 0 bridgehead atoms. The van der Waals surface area contributed by atoms with E-state index in [1.165, 1.54) is 0 Å². The molecular weight excluding hydrogens is 188 g/mol. The van der Waals surface area contributed by atoms with Gasteiger partial charge in [0.1, 0.15) is 0 Å². The van der Waals surface area contributed by atoms with Crippen LogP contribution in [-0.2, 0) is 4.74 Å². The van der Waals surface area contributed by atoms with Gasteiger partial charge in [0.25, 0.3) is 0 Å². The Labute approximate surface area is 70.3 Å². The van der Waals surface area contributed by atoms with E-state index < -0.39 is 24.4 Å². The SMILES string of the molecule is O=C(O)NC(=O)OC(=O)NC(=O)O. The maximum atomic E-state index is 10.3. The molecule has 0 aliphatic carbocycles. The molecule has 0 atom stereocenters. The van der Waals surface area contributed by atoms with Gasteiger partial charge >= 0.3 is 24.4 Å². The summed E-state index contributed by atoms with van der Waals surface area (Å²) in [6.45, 7) is 0. The molecule has 0 unspecified atom stereocenters. The van der Waals surface area contributed by atoms with Crippen LogP contribution in [-0.4, -0.2) is 34.6 Å². The molecule has 0 aromatic heterocycles. The van der Waals surface area contributed by atoms with Crippen molar-refractivity contribution in [1.29, 1.82) is 0 Å². The smallest absolute Gasteiger partial charge is 0.425 e. The number of nitrogens with one attached hydrogen (secondary N) is 2. The summed E-state index contributed by atoms with van der Waals surface area (Å²) in [5, 5.41) is 18.1. The molecule has 0 saturated carbocycles. The number of carboxylic acid groups (broad SMARTS) is 2. The Morgan fingerprint density at radius 2 is 1.15 bits per heavy atom. The van der Waals surface area contributed by atoms with Crippen LogP contribution in [0.4, 0.5) is 19.2 Å². The second-order valence-corrected chi connectivity index (χ2v) is 1.54. The van der Waals surface area contributed by atoms with Crippen LogP contribution >= 0.6 is 0 Å². The van der Waals surface area contributed by atoms with Gasteiger partial charge in [-0.2, -0.15) is 0 Å². The number of hydrogen-bond acceptors (Lipinski definition) is 5. The van der Waals surface area contributed by atoms with Gasteiger partial charge < -0.3 is 14.9 Å². The van der Waals surface area contributed by atoms with Crippen LogP contribution in [0.3, 0.4) is 0 Å². The molecule has 0 aliphatic heterocycles. The Bertz CT molecular complexity index is 233. The van der Waals surface area contributed by atoms with Gasteiger partial charge in [0.2, 0.25) is 0 Å². The Morgan fingerprint density at radius 1 is 0.846 bits per heavy atom. The molecule has 0 radical (unpaired) electrons. The molecule has 9 nitrogen and oxygen atoms in total. The van der Waals surface area contributed by atoms with Gasteiger partial charge in [-0.3, -0.25) is 0 Å². The van der Waals surface area contributed by atoms with E-state index in [0.717, 1.165) is 10.6 Å². The van der Waals surface area contributed by atoms with Crippen molar-refractivity contribution in [3.63, 3.8) is 0 Å². The van der Waals surface area contributed by atoms with E-state index in [2.05, 4.69) is 4.74 Å². The summed E-state index contributed by atoms with van der Waals surface area (Å²) >= 11 is 0. The van der Waals surface area contributed by atoms with E-state index in [1.54, 1.807) is 0 Å². The first kappa shape index (κ1) is 10.7. The minimum atomic E-state index is -1.73. The molecular formula is C4H4N2O7. The average molecular weight is 192 g/mol. The first-order valence-corrected chi connectivity index (χ1v) is 2.67.